The number of nitrogens with zero attached hydrogens (tertiary/aromatic N) is 4. The van der Waals surface area contributed by atoms with Gasteiger partial charge in [-0.3, -0.25) is 28.8 Å². The molecule has 0 spiro atoms. The third-order valence-electron chi connectivity index (χ3n) is 8.33. The summed E-state index contributed by atoms with van der Waals surface area (Å²) in [5, 5.41) is 27.1. The van der Waals surface area contributed by atoms with Gasteiger partial charge in [-0.2, -0.15) is 20.5 Å². The molecule has 0 fully saturated rings. The average molecular weight is 1010 g/mol. The molecule has 0 saturated heterocycles. The smallest absolute Gasteiger partial charge is 0.258 e. The zero-order chi connectivity index (χ0) is 46.8. The van der Waals surface area contributed by atoms with Crippen LogP contribution in [0, 0.1) is 0 Å². The zero-order valence-electron chi connectivity index (χ0n) is 33.2. The van der Waals surface area contributed by atoms with Gasteiger partial charge < -0.3 is 26.0 Å². The van der Waals surface area contributed by atoms with Crippen molar-refractivity contribution < 1.29 is 33.5 Å². The molecule has 0 heterocycles. The first-order chi connectivity index (χ1) is 30.3. The Kier molecular flexibility index (Phi) is 17.2. The number of ether oxygens (including phenoxy) is 1. The first kappa shape index (κ1) is 49.4. The molecule has 0 aliphatic rings. The highest BCUT2D eigenvalue weighted by atomic mass is 35.5. The Labute approximate surface area is 399 Å². The van der Waals surface area contributed by atoms with E-state index in [1.165, 1.54) is 61.5 Å². The first-order valence-electron chi connectivity index (χ1n) is 18.3. The van der Waals surface area contributed by atoms with E-state index in [9.17, 15) is 28.8 Å². The predicted octanol–water partition coefficient (Wildman–Crippen LogP) is 12.4. The Hall–Kier alpha value is -5.65. The van der Waals surface area contributed by atoms with Crippen LogP contribution in [0.25, 0.3) is 0 Å². The van der Waals surface area contributed by atoms with E-state index >= 15 is 0 Å². The number of nitrogens with one attached hydrogen (secondary N) is 4. The van der Waals surface area contributed by atoms with Crippen molar-refractivity contribution in [1.29, 1.82) is 0 Å². The summed E-state index contributed by atoms with van der Waals surface area (Å²) in [6, 6.07) is 18.2. The van der Waals surface area contributed by atoms with E-state index in [1.807, 2.05) is 0 Å². The molecule has 4 N–H and O–H groups in total. The number of anilines is 4. The highest BCUT2D eigenvalue weighted by Gasteiger charge is 2.27. The van der Waals surface area contributed by atoms with Gasteiger partial charge in [-0.15, -0.1) is 0 Å². The monoisotopic (exact) mass is 1000 g/mol. The van der Waals surface area contributed by atoms with E-state index in [-0.39, 0.29) is 81.1 Å². The number of carbonyl (C=O) groups excluding carboxylic acids is 6. The number of benzene rings is 5. The van der Waals surface area contributed by atoms with E-state index < -0.39 is 52.8 Å². The van der Waals surface area contributed by atoms with Gasteiger partial charge in [0.2, 0.25) is 12.1 Å². The Morgan fingerprint density at radius 2 is 1.00 bits per heavy atom. The Morgan fingerprint density at radius 1 is 0.547 bits per heavy atom. The van der Waals surface area contributed by atoms with Gasteiger partial charge in [-0.1, -0.05) is 93.3 Å². The van der Waals surface area contributed by atoms with Crippen molar-refractivity contribution in [3.8, 4) is 5.75 Å². The van der Waals surface area contributed by atoms with Crippen LogP contribution in [0.15, 0.2) is 111 Å². The molecule has 5 aromatic carbocycles. The Bertz CT molecular complexity index is 2740. The standard InChI is InChI=1S/C42H31Cl7N8O7/c1-19(58)37(56-54-27-14-22(12-24(44)16-27)39(60)52-32-8-4-6-29(46)35(32)48)41(62)50-26-10-11-31(34(18-26)64-21(3)43)51-42(63)38(20(2)59)57-55-28-15-23(13-25(45)17-28)40(61)53-33-9-5-7-30(47)36(33)49/h4-18,21,37-38H,1-3H3,(H,50,62)(H,51,63)(H,52,60)(H,53,61). The van der Waals surface area contributed by atoms with Gasteiger partial charge in [0.05, 0.1) is 48.5 Å². The van der Waals surface area contributed by atoms with Gasteiger partial charge in [-0.05, 0) is 93.6 Å². The summed E-state index contributed by atoms with van der Waals surface area (Å²) in [4.78, 5) is 78.1. The summed E-state index contributed by atoms with van der Waals surface area (Å²) in [6.07, 6.45) is 0. The maximum Gasteiger partial charge on any atom is 0.258 e. The quantitative estimate of drug-likeness (QED) is 0.0426. The molecule has 3 unspecified atom stereocenters. The molecule has 0 radical (unpaired) electrons. The van der Waals surface area contributed by atoms with Gasteiger partial charge in [0.25, 0.3) is 23.6 Å². The van der Waals surface area contributed by atoms with E-state index in [4.69, 9.17) is 85.9 Å². The third kappa shape index (κ3) is 13.4. The van der Waals surface area contributed by atoms with Crippen LogP contribution in [0.4, 0.5) is 34.1 Å². The summed E-state index contributed by atoms with van der Waals surface area (Å²) in [5.41, 5.74) is -0.163. The highest BCUT2D eigenvalue weighted by molar-refractivity contribution is 6.44. The lowest BCUT2D eigenvalue weighted by Crippen LogP contribution is -2.32. The summed E-state index contributed by atoms with van der Waals surface area (Å²) in [5.74, 6) is -4.48. The molecule has 5 rings (SSSR count). The van der Waals surface area contributed by atoms with E-state index in [1.54, 1.807) is 36.4 Å². The molecule has 5 aromatic rings. The molecule has 3 atom stereocenters. The van der Waals surface area contributed by atoms with E-state index in [2.05, 4.69) is 41.7 Å². The van der Waals surface area contributed by atoms with Crippen LogP contribution >= 0.6 is 81.2 Å². The molecule has 0 aromatic heterocycles. The fraction of sp³-hybridized carbons (Fsp3) is 0.143. The summed E-state index contributed by atoms with van der Waals surface area (Å²) < 4.78 is 5.67. The SMILES string of the molecule is CC(=O)C(N=Nc1cc(Cl)cc(C(=O)Nc2cccc(Cl)c2Cl)c1)C(=O)Nc1ccc(NC(=O)C(N=Nc2cc(Cl)cc(C(=O)Nc3cccc(Cl)c3Cl)c2)C(C)=O)c(OC(C)Cl)c1. The molecule has 0 saturated carbocycles. The molecular weight excluding hydrogens is 977 g/mol. The number of rotatable bonds is 16. The molecule has 4 amide bonds. The minimum Gasteiger partial charge on any atom is -0.473 e. The van der Waals surface area contributed by atoms with Crippen molar-refractivity contribution in [2.45, 2.75) is 38.4 Å². The van der Waals surface area contributed by atoms with Crippen LogP contribution in [0.2, 0.25) is 30.1 Å². The molecule has 0 aliphatic carbocycles. The maximum absolute atomic E-state index is 13.5. The van der Waals surface area contributed by atoms with E-state index in [0.29, 0.717) is 0 Å². The second kappa shape index (κ2) is 22.3. The largest absolute Gasteiger partial charge is 0.473 e. The van der Waals surface area contributed by atoms with Crippen LogP contribution < -0.4 is 26.0 Å². The van der Waals surface area contributed by atoms with Crippen LogP contribution in [0.1, 0.15) is 41.5 Å². The highest BCUT2D eigenvalue weighted by Crippen LogP contribution is 2.34. The van der Waals surface area contributed by atoms with Crippen molar-refractivity contribution in [2.24, 2.45) is 20.5 Å². The number of alkyl halides is 1. The number of amides is 4. The molecule has 0 aliphatic heterocycles. The Morgan fingerprint density at radius 3 is 1.44 bits per heavy atom. The number of Topliss-reactive ketones (excluding diaryl/α,β-unsaturated/α-hetero) is 2. The zero-order valence-corrected chi connectivity index (χ0v) is 38.5. The summed E-state index contributed by atoms with van der Waals surface area (Å²) in [6.45, 7) is 3.73. The molecule has 0 bridgehead atoms. The lowest BCUT2D eigenvalue weighted by molar-refractivity contribution is -0.127. The fourth-order valence-electron chi connectivity index (χ4n) is 5.39. The summed E-state index contributed by atoms with van der Waals surface area (Å²) in [7, 11) is 0. The fourth-order valence-corrected chi connectivity index (χ4v) is 6.64. The van der Waals surface area contributed by atoms with Gasteiger partial charge in [0, 0.05) is 32.9 Å². The van der Waals surface area contributed by atoms with Crippen LogP contribution in [-0.2, 0) is 19.2 Å². The minimum atomic E-state index is -1.68. The number of halogens is 7. The second-order valence-electron chi connectivity index (χ2n) is 13.3. The molecule has 15 nitrogen and oxygen atoms in total. The minimum absolute atomic E-state index is 0.0135. The number of azo groups is 2. The first-order valence-corrected chi connectivity index (χ1v) is 21.0. The van der Waals surface area contributed by atoms with Crippen LogP contribution in [0.5, 0.6) is 5.75 Å². The molecule has 22 heteroatoms. The van der Waals surface area contributed by atoms with Crippen LogP contribution in [0.3, 0.4) is 0 Å². The van der Waals surface area contributed by atoms with Gasteiger partial charge in [0.1, 0.15) is 5.75 Å². The molecule has 330 valence electrons. The van der Waals surface area contributed by atoms with Gasteiger partial charge in [0.15, 0.2) is 17.1 Å². The summed E-state index contributed by atoms with van der Waals surface area (Å²) >= 11 is 43.1. The number of hydrogen-bond acceptors (Lipinski definition) is 11. The Balaban J connectivity index is 1.30. The molecular formula is C42H31Cl7N8O7. The van der Waals surface area contributed by atoms with Crippen molar-refractivity contribution in [2.75, 3.05) is 21.3 Å². The number of ketones is 2. The van der Waals surface area contributed by atoms with E-state index in [0.717, 1.165) is 13.8 Å². The van der Waals surface area contributed by atoms with Crippen molar-refractivity contribution >= 4 is 151 Å². The van der Waals surface area contributed by atoms with Gasteiger partial charge in [-0.25, -0.2) is 0 Å². The lowest BCUT2D eigenvalue weighted by atomic mass is 10.1. The topological polar surface area (TPSA) is 209 Å². The van der Waals surface area contributed by atoms with Gasteiger partial charge >= 0.3 is 0 Å². The normalized spacial score (nSPS) is 12.6. The second-order valence-corrected chi connectivity index (χ2v) is 16.4. The predicted molar refractivity (Wildman–Crippen MR) is 249 cm³/mol. The van der Waals surface area contributed by atoms with Crippen molar-refractivity contribution in [1.82, 2.24) is 0 Å². The van der Waals surface area contributed by atoms with Crippen LogP contribution in [-0.4, -0.2) is 52.8 Å². The average Bonchev–Trinajstić information content (AvgIpc) is 3.21. The van der Waals surface area contributed by atoms with Crippen molar-refractivity contribution in [3.63, 3.8) is 0 Å². The van der Waals surface area contributed by atoms with Crippen molar-refractivity contribution in [3.05, 3.63) is 132 Å². The lowest BCUT2D eigenvalue weighted by Gasteiger charge is -2.17. The number of hydrogen-bond donors (Lipinski definition) is 4. The number of carbonyl (C=O) groups is 6. The maximum atomic E-state index is 13.5. The third-order valence-corrected chi connectivity index (χ3v) is 10.5. The molecule has 64 heavy (non-hydrogen) atoms.